The van der Waals surface area contributed by atoms with Gasteiger partial charge in [0.25, 0.3) is 0 Å². The molecule has 0 spiro atoms. The Hall–Kier alpha value is -2.04. The number of nitrogens with one attached hydrogen (secondary N) is 2. The van der Waals surface area contributed by atoms with Gasteiger partial charge in [0.15, 0.2) is 0 Å². The van der Waals surface area contributed by atoms with Gasteiger partial charge in [0.2, 0.25) is 0 Å². The van der Waals surface area contributed by atoms with Crippen LogP contribution in [0.5, 0.6) is 0 Å². The van der Waals surface area contributed by atoms with Crippen LogP contribution in [-0.4, -0.2) is 24.1 Å². The molecule has 0 heterocycles. The van der Waals surface area contributed by atoms with Crippen molar-refractivity contribution in [2.24, 2.45) is 0 Å². The molecule has 0 aliphatic rings. The maximum absolute atomic E-state index is 11.6. The summed E-state index contributed by atoms with van der Waals surface area (Å²) in [5.74, 6) is -0.367. The fourth-order valence-electron chi connectivity index (χ4n) is 1.40. The van der Waals surface area contributed by atoms with Crippen LogP contribution < -0.4 is 10.6 Å². The number of carbonyl (C=O) groups excluding carboxylic acids is 2. The maximum Gasteiger partial charge on any atom is 0.338 e. The topological polar surface area (TPSA) is 67.4 Å². The van der Waals surface area contributed by atoms with E-state index in [2.05, 4.69) is 10.6 Å². The molecule has 1 rings (SSSR count). The van der Waals surface area contributed by atoms with Crippen molar-refractivity contribution in [3.05, 3.63) is 29.8 Å². The van der Waals surface area contributed by atoms with Gasteiger partial charge < -0.3 is 15.4 Å². The number of anilines is 1. The van der Waals surface area contributed by atoms with E-state index in [0.717, 1.165) is 0 Å². The maximum atomic E-state index is 11.6. The highest BCUT2D eigenvalue weighted by Crippen LogP contribution is 2.11. The van der Waals surface area contributed by atoms with Gasteiger partial charge in [-0.05, 0) is 52.0 Å². The summed E-state index contributed by atoms with van der Waals surface area (Å²) in [4.78, 5) is 23.1. The Labute approximate surface area is 113 Å². The summed E-state index contributed by atoms with van der Waals surface area (Å²) in [7, 11) is 0. The van der Waals surface area contributed by atoms with E-state index in [1.807, 2.05) is 13.8 Å². The fraction of sp³-hybridized carbons (Fsp3) is 0.429. The quantitative estimate of drug-likeness (QED) is 0.822. The SMILES string of the molecule is CC(C)NC(=O)Nc1ccc(C(=O)OC(C)C)cc1. The number of hydrogen-bond acceptors (Lipinski definition) is 3. The largest absolute Gasteiger partial charge is 0.459 e. The third kappa shape index (κ3) is 5.42. The molecule has 104 valence electrons. The van der Waals surface area contributed by atoms with Gasteiger partial charge in [-0.25, -0.2) is 9.59 Å². The van der Waals surface area contributed by atoms with Crippen molar-refractivity contribution in [1.82, 2.24) is 5.32 Å². The first-order valence-corrected chi connectivity index (χ1v) is 6.27. The molecule has 0 saturated carbocycles. The molecule has 0 radical (unpaired) electrons. The Morgan fingerprint density at radius 3 is 2.11 bits per heavy atom. The summed E-state index contributed by atoms with van der Waals surface area (Å²) >= 11 is 0. The van der Waals surface area contributed by atoms with Gasteiger partial charge in [-0.3, -0.25) is 0 Å². The van der Waals surface area contributed by atoms with E-state index in [1.54, 1.807) is 38.1 Å². The molecule has 5 nitrogen and oxygen atoms in total. The molecule has 2 N–H and O–H groups in total. The zero-order valence-electron chi connectivity index (χ0n) is 11.7. The highest BCUT2D eigenvalue weighted by molar-refractivity contribution is 5.92. The first-order chi connectivity index (χ1) is 8.88. The first kappa shape index (κ1) is 15.0. The van der Waals surface area contributed by atoms with Crippen molar-refractivity contribution in [2.75, 3.05) is 5.32 Å². The Bertz CT molecular complexity index is 439. The Kier molecular flexibility index (Phi) is 5.36. The highest BCUT2D eigenvalue weighted by Gasteiger charge is 2.09. The van der Waals surface area contributed by atoms with Crippen LogP contribution in [0.15, 0.2) is 24.3 Å². The minimum atomic E-state index is -0.367. The number of hydrogen-bond donors (Lipinski definition) is 2. The lowest BCUT2D eigenvalue weighted by Gasteiger charge is -2.11. The van der Waals surface area contributed by atoms with Gasteiger partial charge in [0.1, 0.15) is 0 Å². The second-order valence-corrected chi connectivity index (χ2v) is 4.78. The van der Waals surface area contributed by atoms with Crippen molar-refractivity contribution in [3.63, 3.8) is 0 Å². The number of urea groups is 1. The van der Waals surface area contributed by atoms with Gasteiger partial charge >= 0.3 is 12.0 Å². The molecule has 1 aromatic rings. The molecule has 0 aliphatic heterocycles. The third-order valence-corrected chi connectivity index (χ3v) is 2.14. The normalized spacial score (nSPS) is 10.4. The van der Waals surface area contributed by atoms with Crippen molar-refractivity contribution < 1.29 is 14.3 Å². The summed E-state index contributed by atoms with van der Waals surface area (Å²) in [6.07, 6.45) is -0.151. The number of carbonyl (C=O) groups is 2. The van der Waals surface area contributed by atoms with Crippen LogP contribution in [0.2, 0.25) is 0 Å². The van der Waals surface area contributed by atoms with Crippen molar-refractivity contribution >= 4 is 17.7 Å². The van der Waals surface area contributed by atoms with E-state index in [9.17, 15) is 9.59 Å². The smallest absolute Gasteiger partial charge is 0.338 e. The van der Waals surface area contributed by atoms with Crippen molar-refractivity contribution in [1.29, 1.82) is 0 Å². The molecule has 1 aromatic carbocycles. The average molecular weight is 264 g/mol. The van der Waals surface area contributed by atoms with Gasteiger partial charge in [-0.15, -0.1) is 0 Å². The van der Waals surface area contributed by atoms with Crippen LogP contribution >= 0.6 is 0 Å². The first-order valence-electron chi connectivity index (χ1n) is 6.27. The number of rotatable bonds is 4. The summed E-state index contributed by atoms with van der Waals surface area (Å²) in [5, 5.41) is 5.39. The van der Waals surface area contributed by atoms with Crippen LogP contribution in [0.1, 0.15) is 38.1 Å². The third-order valence-electron chi connectivity index (χ3n) is 2.14. The molecule has 19 heavy (non-hydrogen) atoms. The molecule has 0 unspecified atom stereocenters. The van der Waals surface area contributed by atoms with E-state index in [-0.39, 0.29) is 24.1 Å². The summed E-state index contributed by atoms with van der Waals surface area (Å²) in [6, 6.07) is 6.37. The Morgan fingerprint density at radius 2 is 1.63 bits per heavy atom. The van der Waals surface area contributed by atoms with Crippen molar-refractivity contribution in [3.8, 4) is 0 Å². The minimum Gasteiger partial charge on any atom is -0.459 e. The van der Waals surface area contributed by atoms with Gasteiger partial charge in [-0.1, -0.05) is 0 Å². The number of ether oxygens (including phenoxy) is 1. The van der Waals surface area contributed by atoms with E-state index < -0.39 is 0 Å². The van der Waals surface area contributed by atoms with E-state index in [1.165, 1.54) is 0 Å². The minimum absolute atomic E-state index is 0.0697. The van der Waals surface area contributed by atoms with E-state index in [0.29, 0.717) is 11.3 Å². The van der Waals surface area contributed by atoms with Gasteiger partial charge in [-0.2, -0.15) is 0 Å². The summed E-state index contributed by atoms with van der Waals surface area (Å²) < 4.78 is 5.07. The van der Waals surface area contributed by atoms with Crippen LogP contribution in [-0.2, 0) is 4.74 Å². The molecule has 0 aliphatic carbocycles. The molecular weight excluding hydrogens is 244 g/mol. The molecule has 0 atom stereocenters. The molecule has 5 heteroatoms. The highest BCUT2D eigenvalue weighted by atomic mass is 16.5. The number of benzene rings is 1. The summed E-state index contributed by atoms with van der Waals surface area (Å²) in [5.41, 5.74) is 1.09. The standard InChI is InChI=1S/C14H20N2O3/c1-9(2)15-14(18)16-12-7-5-11(6-8-12)13(17)19-10(3)4/h5-10H,1-4H3,(H2,15,16,18). The van der Waals surface area contributed by atoms with Crippen LogP contribution in [0.25, 0.3) is 0 Å². The molecular formula is C14H20N2O3. The lowest BCUT2D eigenvalue weighted by atomic mass is 10.2. The molecule has 0 bridgehead atoms. The zero-order chi connectivity index (χ0) is 14.4. The molecule has 2 amide bonds. The van der Waals surface area contributed by atoms with Crippen molar-refractivity contribution in [2.45, 2.75) is 39.8 Å². The molecule has 0 saturated heterocycles. The van der Waals surface area contributed by atoms with Crippen LogP contribution in [0, 0.1) is 0 Å². The Morgan fingerprint density at radius 1 is 1.05 bits per heavy atom. The lowest BCUT2D eigenvalue weighted by molar-refractivity contribution is 0.0378. The monoisotopic (exact) mass is 264 g/mol. The fourth-order valence-corrected chi connectivity index (χ4v) is 1.40. The summed E-state index contributed by atoms with van der Waals surface area (Å²) in [6.45, 7) is 7.35. The number of amides is 2. The molecule has 0 aromatic heterocycles. The van der Waals surface area contributed by atoms with E-state index >= 15 is 0 Å². The molecule has 0 fully saturated rings. The van der Waals surface area contributed by atoms with Gasteiger partial charge in [0, 0.05) is 11.7 Å². The Balaban J connectivity index is 2.61. The van der Waals surface area contributed by atoms with E-state index in [4.69, 9.17) is 4.74 Å². The number of esters is 1. The van der Waals surface area contributed by atoms with Crippen LogP contribution in [0.4, 0.5) is 10.5 Å². The predicted molar refractivity (Wildman–Crippen MR) is 74.3 cm³/mol. The average Bonchev–Trinajstić information content (AvgIpc) is 2.27. The van der Waals surface area contributed by atoms with Crippen LogP contribution in [0.3, 0.4) is 0 Å². The van der Waals surface area contributed by atoms with Gasteiger partial charge in [0.05, 0.1) is 11.7 Å². The predicted octanol–water partition coefficient (Wildman–Crippen LogP) is 2.78. The second-order valence-electron chi connectivity index (χ2n) is 4.78. The second kappa shape index (κ2) is 6.78. The zero-order valence-corrected chi connectivity index (χ0v) is 11.7. The lowest BCUT2D eigenvalue weighted by Crippen LogP contribution is -2.34.